The zero-order chi connectivity index (χ0) is 11.4. The summed E-state index contributed by atoms with van der Waals surface area (Å²) in [6, 6.07) is 10.5. The van der Waals surface area contributed by atoms with Crippen LogP contribution in [0.25, 0.3) is 27.7 Å². The quantitative estimate of drug-likeness (QED) is 0.490. The number of nitrogens with zero attached hydrogens (tertiary/aromatic N) is 2. The van der Waals surface area contributed by atoms with Gasteiger partial charge in [0, 0.05) is 11.6 Å². The Bertz CT molecular complexity index is 857. The third-order valence-corrected chi connectivity index (χ3v) is 3.02. The van der Waals surface area contributed by atoms with Crippen molar-refractivity contribution in [3.05, 3.63) is 48.4 Å². The molecule has 0 bridgehead atoms. The van der Waals surface area contributed by atoms with E-state index in [0.717, 1.165) is 27.7 Å². The average Bonchev–Trinajstić information content (AvgIpc) is 2.84. The van der Waals surface area contributed by atoms with Gasteiger partial charge in [0.2, 0.25) is 0 Å². The molecule has 3 nitrogen and oxygen atoms in total. The Morgan fingerprint density at radius 2 is 2.12 bits per heavy atom. The first-order valence-electron chi connectivity index (χ1n) is 5.37. The van der Waals surface area contributed by atoms with E-state index < -0.39 is 0 Å². The maximum Gasteiger partial charge on any atom is 0.143 e. The van der Waals surface area contributed by atoms with Crippen LogP contribution >= 0.6 is 0 Å². The molecule has 0 aliphatic carbocycles. The Hall–Kier alpha value is -2.36. The van der Waals surface area contributed by atoms with E-state index >= 15 is 0 Å². The van der Waals surface area contributed by atoms with Crippen molar-refractivity contribution < 1.29 is 4.39 Å². The van der Waals surface area contributed by atoms with Crippen molar-refractivity contribution in [3.63, 3.8) is 0 Å². The molecule has 0 aliphatic heterocycles. The summed E-state index contributed by atoms with van der Waals surface area (Å²) in [6.45, 7) is 0. The van der Waals surface area contributed by atoms with Gasteiger partial charge in [0.25, 0.3) is 0 Å². The maximum absolute atomic E-state index is 13.1. The Balaban J connectivity index is 2.29. The molecule has 0 amide bonds. The van der Waals surface area contributed by atoms with Gasteiger partial charge in [-0.15, -0.1) is 0 Å². The second-order valence-electron chi connectivity index (χ2n) is 4.05. The standard InChI is InChI=1S/C13H8FN3/c14-8-4-5-9-10(7-8)15-13-12(9)16-11-3-1-2-6-17(11)13/h1-7,15H. The number of fused-ring (bicyclic) bond motifs is 5. The van der Waals surface area contributed by atoms with Gasteiger partial charge in [-0.25, -0.2) is 9.37 Å². The van der Waals surface area contributed by atoms with E-state index in [0.29, 0.717) is 0 Å². The van der Waals surface area contributed by atoms with Crippen LogP contribution < -0.4 is 0 Å². The number of halogens is 1. The van der Waals surface area contributed by atoms with Crippen molar-refractivity contribution in [1.82, 2.24) is 14.4 Å². The van der Waals surface area contributed by atoms with Gasteiger partial charge < -0.3 is 4.98 Å². The second-order valence-corrected chi connectivity index (χ2v) is 4.05. The van der Waals surface area contributed by atoms with E-state index in [1.54, 1.807) is 6.07 Å². The molecule has 0 aliphatic rings. The van der Waals surface area contributed by atoms with Gasteiger partial charge in [-0.05, 0) is 30.3 Å². The summed E-state index contributed by atoms with van der Waals surface area (Å²) < 4.78 is 15.1. The van der Waals surface area contributed by atoms with E-state index in [1.165, 1.54) is 12.1 Å². The number of H-pyrrole nitrogens is 1. The molecule has 0 unspecified atom stereocenters. The normalized spacial score (nSPS) is 11.8. The molecule has 0 saturated carbocycles. The Morgan fingerprint density at radius 1 is 1.18 bits per heavy atom. The van der Waals surface area contributed by atoms with E-state index in [9.17, 15) is 4.39 Å². The lowest BCUT2D eigenvalue weighted by Gasteiger charge is -1.92. The molecule has 0 fully saturated rings. The minimum atomic E-state index is -0.240. The minimum absolute atomic E-state index is 0.240. The fourth-order valence-corrected chi connectivity index (χ4v) is 2.26. The molecule has 4 aromatic rings. The zero-order valence-electron chi connectivity index (χ0n) is 8.81. The highest BCUT2D eigenvalue weighted by Crippen LogP contribution is 2.26. The number of imidazole rings is 1. The molecular weight excluding hydrogens is 217 g/mol. The lowest BCUT2D eigenvalue weighted by atomic mass is 10.2. The van der Waals surface area contributed by atoms with Crippen molar-refractivity contribution in [3.8, 4) is 0 Å². The topological polar surface area (TPSA) is 33.1 Å². The number of rotatable bonds is 0. The molecule has 0 atom stereocenters. The first-order chi connectivity index (χ1) is 8.33. The van der Waals surface area contributed by atoms with Gasteiger partial charge >= 0.3 is 0 Å². The van der Waals surface area contributed by atoms with Crippen molar-refractivity contribution in [2.24, 2.45) is 0 Å². The number of hydrogen-bond acceptors (Lipinski definition) is 1. The van der Waals surface area contributed by atoms with Gasteiger partial charge in [0.1, 0.15) is 22.6 Å². The lowest BCUT2D eigenvalue weighted by Crippen LogP contribution is -1.82. The van der Waals surface area contributed by atoms with Crippen LogP contribution in [0.3, 0.4) is 0 Å². The van der Waals surface area contributed by atoms with Crippen molar-refractivity contribution in [2.45, 2.75) is 0 Å². The first kappa shape index (κ1) is 8.75. The molecule has 82 valence electrons. The van der Waals surface area contributed by atoms with Gasteiger partial charge in [-0.2, -0.15) is 0 Å². The van der Waals surface area contributed by atoms with Crippen LogP contribution in [0, 0.1) is 5.82 Å². The lowest BCUT2D eigenvalue weighted by molar-refractivity contribution is 0.629. The molecule has 0 radical (unpaired) electrons. The van der Waals surface area contributed by atoms with Crippen LogP contribution in [0.15, 0.2) is 42.6 Å². The van der Waals surface area contributed by atoms with Crippen molar-refractivity contribution >= 4 is 27.7 Å². The smallest absolute Gasteiger partial charge is 0.143 e. The number of hydrogen-bond donors (Lipinski definition) is 1. The van der Waals surface area contributed by atoms with Crippen molar-refractivity contribution in [1.29, 1.82) is 0 Å². The average molecular weight is 225 g/mol. The summed E-state index contributed by atoms with van der Waals surface area (Å²) in [5.41, 5.74) is 3.45. The summed E-state index contributed by atoms with van der Waals surface area (Å²) in [6.07, 6.45) is 1.94. The van der Waals surface area contributed by atoms with Crippen LogP contribution in [-0.2, 0) is 0 Å². The predicted octanol–water partition coefficient (Wildman–Crippen LogP) is 3.11. The molecule has 0 spiro atoms. The largest absolute Gasteiger partial charge is 0.339 e. The summed E-state index contributed by atoms with van der Waals surface area (Å²) in [7, 11) is 0. The summed E-state index contributed by atoms with van der Waals surface area (Å²) in [5, 5.41) is 0.949. The highest BCUT2D eigenvalue weighted by atomic mass is 19.1. The molecule has 3 heterocycles. The fraction of sp³-hybridized carbons (Fsp3) is 0. The van der Waals surface area contributed by atoms with E-state index in [1.807, 2.05) is 28.8 Å². The highest BCUT2D eigenvalue weighted by molar-refractivity contribution is 6.05. The van der Waals surface area contributed by atoms with Gasteiger partial charge in [-0.1, -0.05) is 6.07 Å². The minimum Gasteiger partial charge on any atom is -0.339 e. The third-order valence-electron chi connectivity index (χ3n) is 3.02. The number of pyridine rings is 1. The number of nitrogens with one attached hydrogen (secondary N) is 1. The SMILES string of the molecule is Fc1ccc2c(c1)[nH]c1c2nc2ccccn21. The summed E-state index contributed by atoms with van der Waals surface area (Å²) in [5.74, 6) is -0.240. The fourth-order valence-electron chi connectivity index (χ4n) is 2.26. The van der Waals surface area contributed by atoms with Gasteiger partial charge in [0.05, 0.1) is 5.52 Å². The molecule has 3 aromatic heterocycles. The molecule has 4 rings (SSSR count). The summed E-state index contributed by atoms with van der Waals surface area (Å²) in [4.78, 5) is 7.74. The summed E-state index contributed by atoms with van der Waals surface area (Å²) >= 11 is 0. The second kappa shape index (κ2) is 2.85. The van der Waals surface area contributed by atoms with Crippen LogP contribution in [0.2, 0.25) is 0 Å². The monoisotopic (exact) mass is 225 g/mol. The number of aromatic amines is 1. The molecule has 1 aromatic carbocycles. The molecule has 1 N–H and O–H groups in total. The Morgan fingerprint density at radius 3 is 3.06 bits per heavy atom. The van der Waals surface area contributed by atoms with E-state index in [4.69, 9.17) is 0 Å². The van der Waals surface area contributed by atoms with Gasteiger partial charge in [-0.3, -0.25) is 4.40 Å². The molecule has 0 saturated heterocycles. The van der Waals surface area contributed by atoms with Crippen LogP contribution in [0.1, 0.15) is 0 Å². The van der Waals surface area contributed by atoms with Crippen LogP contribution in [-0.4, -0.2) is 14.4 Å². The maximum atomic E-state index is 13.1. The first-order valence-corrected chi connectivity index (χ1v) is 5.37. The Labute approximate surface area is 95.5 Å². The third kappa shape index (κ3) is 1.07. The molecular formula is C13H8FN3. The van der Waals surface area contributed by atoms with Crippen LogP contribution in [0.4, 0.5) is 4.39 Å². The van der Waals surface area contributed by atoms with Crippen LogP contribution in [0.5, 0.6) is 0 Å². The van der Waals surface area contributed by atoms with Gasteiger partial charge in [0.15, 0.2) is 0 Å². The predicted molar refractivity (Wildman–Crippen MR) is 64.5 cm³/mol. The molecule has 17 heavy (non-hydrogen) atoms. The zero-order valence-corrected chi connectivity index (χ0v) is 8.81. The molecule has 4 heteroatoms. The Kier molecular flexibility index (Phi) is 1.47. The van der Waals surface area contributed by atoms with Crippen molar-refractivity contribution in [2.75, 3.05) is 0 Å². The number of aromatic nitrogens is 3. The van der Waals surface area contributed by atoms with E-state index in [-0.39, 0.29) is 5.82 Å². The van der Waals surface area contributed by atoms with E-state index in [2.05, 4.69) is 9.97 Å². The number of benzene rings is 1. The highest BCUT2D eigenvalue weighted by Gasteiger charge is 2.10.